The Kier molecular flexibility index (Phi) is 4.81. The summed E-state index contributed by atoms with van der Waals surface area (Å²) in [7, 11) is 0. The number of amides is 1. The van der Waals surface area contributed by atoms with Gasteiger partial charge in [0.15, 0.2) is 5.43 Å². The number of benzene rings is 1. The third kappa shape index (κ3) is 3.36. The van der Waals surface area contributed by atoms with Crippen molar-refractivity contribution in [1.29, 1.82) is 0 Å². The summed E-state index contributed by atoms with van der Waals surface area (Å²) in [5.74, 6) is -0.435. The molecule has 2 aromatic heterocycles. The van der Waals surface area contributed by atoms with Crippen molar-refractivity contribution in [1.82, 2.24) is 4.57 Å². The molecule has 1 amide bonds. The molecule has 1 aromatic carbocycles. The zero-order chi connectivity index (χ0) is 19.7. The number of hydrogen-bond acceptors (Lipinski definition) is 4. The molecule has 1 unspecified atom stereocenters. The third-order valence-electron chi connectivity index (χ3n) is 5.81. The van der Waals surface area contributed by atoms with E-state index in [0.717, 1.165) is 37.8 Å². The smallest absolute Gasteiger partial charge is 0.251 e. The molecule has 2 heterocycles. The lowest BCUT2D eigenvalue weighted by Crippen LogP contribution is -2.34. The van der Waals surface area contributed by atoms with E-state index in [2.05, 4.69) is 28.8 Å². The lowest BCUT2D eigenvalue weighted by Gasteiger charge is -2.38. The van der Waals surface area contributed by atoms with E-state index < -0.39 is 5.91 Å². The topological polar surface area (TPSA) is 91.1 Å². The average Bonchev–Trinajstić information content (AvgIpc) is 3.03. The molecule has 0 saturated carbocycles. The molecule has 1 atom stereocenters. The van der Waals surface area contributed by atoms with Crippen molar-refractivity contribution in [3.05, 3.63) is 86.6 Å². The van der Waals surface area contributed by atoms with Crippen molar-refractivity contribution in [3.63, 3.8) is 0 Å². The van der Waals surface area contributed by atoms with Gasteiger partial charge in [-0.1, -0.05) is 30.3 Å². The van der Waals surface area contributed by atoms with Gasteiger partial charge < -0.3 is 16.0 Å². The van der Waals surface area contributed by atoms with Gasteiger partial charge in [-0.05, 0) is 36.8 Å². The van der Waals surface area contributed by atoms with Gasteiger partial charge in [0, 0.05) is 41.4 Å². The van der Waals surface area contributed by atoms with E-state index in [1.807, 2.05) is 18.5 Å². The molecule has 0 spiro atoms. The molecule has 0 radical (unpaired) electrons. The number of hydrogen-bond donors (Lipinski definition) is 2. The Morgan fingerprint density at radius 2 is 1.86 bits per heavy atom. The van der Waals surface area contributed by atoms with Crippen LogP contribution < -0.4 is 16.9 Å². The zero-order valence-electron chi connectivity index (χ0n) is 15.6. The number of pyridine rings is 1. The van der Waals surface area contributed by atoms with Crippen molar-refractivity contribution >= 4 is 22.2 Å². The van der Waals surface area contributed by atoms with Crippen LogP contribution in [0.15, 0.2) is 59.7 Å². The largest absolute Gasteiger partial charge is 0.390 e. The van der Waals surface area contributed by atoms with Gasteiger partial charge in [-0.2, -0.15) is 0 Å². The molecule has 4 rings (SSSR count). The fraction of sp³-hybridized carbons (Fsp3) is 0.273. The van der Waals surface area contributed by atoms with Gasteiger partial charge in [-0.3, -0.25) is 9.59 Å². The Bertz CT molecular complexity index is 1050. The maximum Gasteiger partial charge on any atom is 0.251 e. The van der Waals surface area contributed by atoms with Crippen molar-refractivity contribution in [3.8, 4) is 0 Å². The average molecular weight is 394 g/mol. The summed E-state index contributed by atoms with van der Waals surface area (Å²) in [6, 6.07) is 13.7. The standard InChI is InChI=1S/C22H23N3O2S/c23-20(27)19-17-6-9-22(14-18(17)28-21(19)24,15-4-2-1-3-5-15)10-13-25-11-7-16(26)8-12-25/h1-5,7-8,11-12H,6,9-10,13-14,24H2,(H2,23,27). The van der Waals surface area contributed by atoms with Crippen LogP contribution in [0.1, 0.15) is 39.2 Å². The number of carbonyl (C=O) groups is 1. The van der Waals surface area contributed by atoms with Gasteiger partial charge in [0.05, 0.1) is 10.6 Å². The van der Waals surface area contributed by atoms with E-state index >= 15 is 0 Å². The second-order valence-corrected chi connectivity index (χ2v) is 8.59. The molecule has 1 aliphatic carbocycles. The number of primary amides is 1. The van der Waals surface area contributed by atoms with E-state index in [-0.39, 0.29) is 10.8 Å². The molecular formula is C22H23N3O2S. The summed E-state index contributed by atoms with van der Waals surface area (Å²) in [5.41, 5.74) is 14.5. The monoisotopic (exact) mass is 393 g/mol. The van der Waals surface area contributed by atoms with Gasteiger partial charge >= 0.3 is 0 Å². The molecule has 5 nitrogen and oxygen atoms in total. The van der Waals surface area contributed by atoms with Gasteiger partial charge in [0.2, 0.25) is 0 Å². The highest BCUT2D eigenvalue weighted by atomic mass is 32.1. The molecule has 0 aliphatic heterocycles. The first-order valence-corrected chi connectivity index (χ1v) is 10.2. The molecule has 1 aliphatic rings. The SMILES string of the molecule is NC(=O)c1c(N)sc2c1CCC(CCn1ccc(=O)cc1)(c1ccccc1)C2. The summed E-state index contributed by atoms with van der Waals surface area (Å²) < 4.78 is 2.05. The number of nitrogens with zero attached hydrogens (tertiary/aromatic N) is 1. The minimum absolute atomic E-state index is 0.0179. The highest BCUT2D eigenvalue weighted by Gasteiger charge is 2.38. The first kappa shape index (κ1) is 18.5. The van der Waals surface area contributed by atoms with Gasteiger partial charge in [0.25, 0.3) is 5.91 Å². The Morgan fingerprint density at radius 3 is 2.54 bits per heavy atom. The van der Waals surface area contributed by atoms with E-state index in [4.69, 9.17) is 11.5 Å². The number of anilines is 1. The van der Waals surface area contributed by atoms with Crippen LogP contribution in [-0.4, -0.2) is 10.5 Å². The van der Waals surface area contributed by atoms with Crippen molar-refractivity contribution in [2.75, 3.05) is 5.73 Å². The number of rotatable bonds is 5. The molecule has 3 aromatic rings. The van der Waals surface area contributed by atoms with Crippen LogP contribution in [0.4, 0.5) is 5.00 Å². The quantitative estimate of drug-likeness (QED) is 0.698. The Balaban J connectivity index is 1.69. The Labute approximate surface area is 167 Å². The van der Waals surface area contributed by atoms with Crippen molar-refractivity contribution < 1.29 is 4.79 Å². The van der Waals surface area contributed by atoms with Gasteiger partial charge in [-0.15, -0.1) is 11.3 Å². The third-order valence-corrected chi connectivity index (χ3v) is 6.87. The van der Waals surface area contributed by atoms with Crippen LogP contribution >= 0.6 is 11.3 Å². The Hall–Kier alpha value is -2.86. The number of nitrogens with two attached hydrogens (primary N) is 2. The molecule has 144 valence electrons. The maximum atomic E-state index is 11.8. The van der Waals surface area contributed by atoms with Crippen LogP contribution in [0.25, 0.3) is 0 Å². The second kappa shape index (κ2) is 7.28. The fourth-order valence-electron chi connectivity index (χ4n) is 4.30. The van der Waals surface area contributed by atoms with Crippen LogP contribution in [0.5, 0.6) is 0 Å². The van der Waals surface area contributed by atoms with E-state index in [9.17, 15) is 9.59 Å². The molecule has 6 heteroatoms. The fourth-order valence-corrected chi connectivity index (χ4v) is 5.57. The molecular weight excluding hydrogens is 370 g/mol. The zero-order valence-corrected chi connectivity index (χ0v) is 16.4. The van der Waals surface area contributed by atoms with Crippen molar-refractivity contribution in [2.45, 2.75) is 37.6 Å². The highest BCUT2D eigenvalue weighted by Crippen LogP contribution is 2.46. The van der Waals surface area contributed by atoms with Gasteiger partial charge in [0.1, 0.15) is 0 Å². The maximum absolute atomic E-state index is 11.8. The van der Waals surface area contributed by atoms with E-state index in [0.29, 0.717) is 10.6 Å². The minimum Gasteiger partial charge on any atom is -0.390 e. The molecule has 0 saturated heterocycles. The van der Waals surface area contributed by atoms with E-state index in [1.54, 1.807) is 12.1 Å². The highest BCUT2D eigenvalue weighted by molar-refractivity contribution is 7.16. The number of nitrogen functional groups attached to an aromatic ring is 1. The summed E-state index contributed by atoms with van der Waals surface area (Å²) >= 11 is 1.49. The summed E-state index contributed by atoms with van der Waals surface area (Å²) in [4.78, 5) is 24.4. The van der Waals surface area contributed by atoms with Gasteiger partial charge in [-0.25, -0.2) is 0 Å². The van der Waals surface area contributed by atoms with Crippen LogP contribution in [0, 0.1) is 0 Å². The molecule has 4 N–H and O–H groups in total. The lowest BCUT2D eigenvalue weighted by atomic mass is 9.67. The summed E-state index contributed by atoms with van der Waals surface area (Å²) in [5, 5.41) is 0.529. The minimum atomic E-state index is -0.435. The molecule has 28 heavy (non-hydrogen) atoms. The first-order valence-electron chi connectivity index (χ1n) is 9.40. The van der Waals surface area contributed by atoms with Crippen LogP contribution in [0.3, 0.4) is 0 Å². The number of aryl methyl sites for hydroxylation is 1. The Morgan fingerprint density at radius 1 is 1.14 bits per heavy atom. The summed E-state index contributed by atoms with van der Waals surface area (Å²) in [6.45, 7) is 0.814. The summed E-state index contributed by atoms with van der Waals surface area (Å²) in [6.07, 6.45) is 7.17. The van der Waals surface area contributed by atoms with Crippen LogP contribution in [0.2, 0.25) is 0 Å². The number of aromatic nitrogens is 1. The van der Waals surface area contributed by atoms with Crippen molar-refractivity contribution in [2.24, 2.45) is 5.73 Å². The van der Waals surface area contributed by atoms with Crippen LogP contribution in [-0.2, 0) is 24.8 Å². The normalized spacial score (nSPS) is 18.6. The predicted octanol–water partition coefficient (Wildman–Crippen LogP) is 3.11. The molecule has 0 fully saturated rings. The van der Waals surface area contributed by atoms with E-state index in [1.165, 1.54) is 21.8 Å². The number of carbonyl (C=O) groups excluding carboxylic acids is 1. The lowest BCUT2D eigenvalue weighted by molar-refractivity contribution is 0.1000. The second-order valence-electron chi connectivity index (χ2n) is 7.45. The number of thiophene rings is 1. The predicted molar refractivity (Wildman–Crippen MR) is 113 cm³/mol. The number of fused-ring (bicyclic) bond motifs is 1. The first-order chi connectivity index (χ1) is 13.5. The molecule has 0 bridgehead atoms.